The Morgan fingerprint density at radius 3 is 2.71 bits per heavy atom. The van der Waals surface area contributed by atoms with Crippen LogP contribution in [0.4, 0.5) is 4.39 Å². The van der Waals surface area contributed by atoms with Crippen LogP contribution < -0.4 is 0 Å². The van der Waals surface area contributed by atoms with Gasteiger partial charge in [0.2, 0.25) is 0 Å². The lowest BCUT2D eigenvalue weighted by atomic mass is 10.1. The molecule has 1 aromatic carbocycles. The van der Waals surface area contributed by atoms with Gasteiger partial charge >= 0.3 is 5.97 Å². The maximum absolute atomic E-state index is 13.3. The molecule has 1 rings (SSSR count). The van der Waals surface area contributed by atoms with Gasteiger partial charge in [0, 0.05) is 6.54 Å². The fraction of sp³-hybridized carbons (Fsp3) is 0.462. The first-order valence-electron chi connectivity index (χ1n) is 5.72. The van der Waals surface area contributed by atoms with Gasteiger partial charge in [-0.15, -0.1) is 0 Å². The van der Waals surface area contributed by atoms with Crippen molar-refractivity contribution in [1.82, 2.24) is 4.90 Å². The summed E-state index contributed by atoms with van der Waals surface area (Å²) in [6.07, 6.45) is 0.877. The summed E-state index contributed by atoms with van der Waals surface area (Å²) in [5, 5.41) is 8.77. The van der Waals surface area contributed by atoms with Crippen LogP contribution >= 0.6 is 0 Å². The van der Waals surface area contributed by atoms with Crippen molar-refractivity contribution < 1.29 is 14.3 Å². The van der Waals surface area contributed by atoms with Gasteiger partial charge < -0.3 is 5.11 Å². The third-order valence-electron chi connectivity index (χ3n) is 2.54. The van der Waals surface area contributed by atoms with Gasteiger partial charge in [-0.1, -0.05) is 19.1 Å². The van der Waals surface area contributed by atoms with Crippen molar-refractivity contribution in [3.8, 4) is 0 Å². The van der Waals surface area contributed by atoms with E-state index in [-0.39, 0.29) is 12.4 Å². The van der Waals surface area contributed by atoms with E-state index in [1.807, 2.05) is 13.0 Å². The van der Waals surface area contributed by atoms with Gasteiger partial charge in [0.05, 0.1) is 6.54 Å². The van der Waals surface area contributed by atoms with Gasteiger partial charge in [0.15, 0.2) is 0 Å². The number of aliphatic carboxylic acids is 1. The molecule has 0 aliphatic carbocycles. The Balaban J connectivity index is 2.71. The molecule has 0 aromatic heterocycles. The van der Waals surface area contributed by atoms with Gasteiger partial charge in [-0.25, -0.2) is 4.39 Å². The number of carboxylic acid groups (broad SMARTS) is 1. The largest absolute Gasteiger partial charge is 0.480 e. The second-order valence-corrected chi connectivity index (χ2v) is 4.19. The first kappa shape index (κ1) is 13.6. The smallest absolute Gasteiger partial charge is 0.317 e. The minimum Gasteiger partial charge on any atom is -0.480 e. The van der Waals surface area contributed by atoms with E-state index in [4.69, 9.17) is 5.11 Å². The highest BCUT2D eigenvalue weighted by atomic mass is 19.1. The van der Waals surface area contributed by atoms with Gasteiger partial charge in [0.25, 0.3) is 0 Å². The zero-order valence-electron chi connectivity index (χ0n) is 10.2. The quantitative estimate of drug-likeness (QED) is 0.828. The van der Waals surface area contributed by atoms with Crippen LogP contribution in [0.5, 0.6) is 0 Å². The maximum Gasteiger partial charge on any atom is 0.317 e. The van der Waals surface area contributed by atoms with Crippen molar-refractivity contribution in [2.24, 2.45) is 0 Å². The molecule has 0 saturated heterocycles. The number of carbonyl (C=O) groups is 1. The van der Waals surface area contributed by atoms with E-state index in [1.54, 1.807) is 17.9 Å². The zero-order valence-corrected chi connectivity index (χ0v) is 10.2. The van der Waals surface area contributed by atoms with Gasteiger partial charge in [-0.3, -0.25) is 9.69 Å². The second-order valence-electron chi connectivity index (χ2n) is 4.19. The molecule has 0 heterocycles. The van der Waals surface area contributed by atoms with Crippen molar-refractivity contribution in [3.05, 3.63) is 35.1 Å². The number of hydrogen-bond donors (Lipinski definition) is 1. The van der Waals surface area contributed by atoms with Crippen LogP contribution in [0.2, 0.25) is 0 Å². The average Bonchev–Trinajstić information content (AvgIpc) is 2.23. The van der Waals surface area contributed by atoms with Crippen LogP contribution in [0.1, 0.15) is 24.5 Å². The molecule has 1 N–H and O–H groups in total. The number of benzene rings is 1. The van der Waals surface area contributed by atoms with Crippen molar-refractivity contribution in [3.63, 3.8) is 0 Å². The lowest BCUT2D eigenvalue weighted by Gasteiger charge is -2.19. The van der Waals surface area contributed by atoms with Gasteiger partial charge in [0.1, 0.15) is 5.82 Å². The number of nitrogens with zero attached hydrogens (tertiary/aromatic N) is 1. The van der Waals surface area contributed by atoms with E-state index in [9.17, 15) is 9.18 Å². The third-order valence-corrected chi connectivity index (χ3v) is 2.54. The normalized spacial score (nSPS) is 10.8. The van der Waals surface area contributed by atoms with Crippen LogP contribution in [-0.4, -0.2) is 29.1 Å². The summed E-state index contributed by atoms with van der Waals surface area (Å²) in [5.74, 6) is -1.10. The molecule has 3 nitrogen and oxygen atoms in total. The number of rotatable bonds is 6. The molecule has 0 aliphatic rings. The van der Waals surface area contributed by atoms with Crippen molar-refractivity contribution >= 4 is 5.97 Å². The fourth-order valence-electron chi connectivity index (χ4n) is 1.71. The molecule has 0 bridgehead atoms. The number of halogens is 1. The Hall–Kier alpha value is -1.42. The monoisotopic (exact) mass is 239 g/mol. The van der Waals surface area contributed by atoms with Crippen LogP contribution in [-0.2, 0) is 11.3 Å². The third kappa shape index (κ3) is 4.53. The van der Waals surface area contributed by atoms with E-state index in [0.717, 1.165) is 12.0 Å². The standard InChI is InChI=1S/C13H18FNO2/c1-3-6-15(9-13(16)17)8-11-5-4-10(2)12(14)7-11/h4-5,7H,3,6,8-9H2,1-2H3,(H,16,17). The van der Waals surface area contributed by atoms with E-state index in [2.05, 4.69) is 0 Å². The molecule has 17 heavy (non-hydrogen) atoms. The molecular weight excluding hydrogens is 221 g/mol. The van der Waals surface area contributed by atoms with Crippen LogP contribution in [0.15, 0.2) is 18.2 Å². The lowest BCUT2D eigenvalue weighted by molar-refractivity contribution is -0.138. The van der Waals surface area contributed by atoms with E-state index in [1.165, 1.54) is 6.07 Å². The van der Waals surface area contributed by atoms with Crippen LogP contribution in [0.25, 0.3) is 0 Å². The number of carboxylic acids is 1. The highest BCUT2D eigenvalue weighted by Gasteiger charge is 2.10. The van der Waals surface area contributed by atoms with Gasteiger partial charge in [-0.2, -0.15) is 0 Å². The Morgan fingerprint density at radius 2 is 2.18 bits per heavy atom. The molecule has 0 saturated carbocycles. The summed E-state index contributed by atoms with van der Waals surface area (Å²) in [6, 6.07) is 5.03. The summed E-state index contributed by atoms with van der Waals surface area (Å²) < 4.78 is 13.3. The SMILES string of the molecule is CCCN(CC(=O)O)Cc1ccc(C)c(F)c1. The van der Waals surface area contributed by atoms with Crippen LogP contribution in [0, 0.1) is 12.7 Å². The maximum atomic E-state index is 13.3. The summed E-state index contributed by atoms with van der Waals surface area (Å²) in [7, 11) is 0. The predicted molar refractivity (Wildman–Crippen MR) is 64.3 cm³/mol. The molecule has 0 fully saturated rings. The summed E-state index contributed by atoms with van der Waals surface area (Å²) in [5.41, 5.74) is 1.41. The topological polar surface area (TPSA) is 40.5 Å². The Morgan fingerprint density at radius 1 is 1.47 bits per heavy atom. The Labute approximate surface area is 101 Å². The van der Waals surface area contributed by atoms with E-state index < -0.39 is 5.97 Å². The Kier molecular flexibility index (Phi) is 5.10. The van der Waals surface area contributed by atoms with Crippen molar-refractivity contribution in [2.45, 2.75) is 26.8 Å². The minimum absolute atomic E-state index is 0.0106. The Bertz CT molecular complexity index is 393. The first-order valence-corrected chi connectivity index (χ1v) is 5.72. The summed E-state index contributed by atoms with van der Waals surface area (Å²) >= 11 is 0. The number of hydrogen-bond acceptors (Lipinski definition) is 2. The average molecular weight is 239 g/mol. The molecule has 1 aromatic rings. The highest BCUT2D eigenvalue weighted by molar-refractivity contribution is 5.69. The minimum atomic E-state index is -0.856. The van der Waals surface area contributed by atoms with E-state index in [0.29, 0.717) is 18.7 Å². The number of aryl methyl sites for hydroxylation is 1. The molecule has 94 valence electrons. The fourth-order valence-corrected chi connectivity index (χ4v) is 1.71. The predicted octanol–water partition coefficient (Wildman–Crippen LogP) is 2.43. The first-order chi connectivity index (χ1) is 8.02. The zero-order chi connectivity index (χ0) is 12.8. The lowest BCUT2D eigenvalue weighted by Crippen LogP contribution is -2.30. The summed E-state index contributed by atoms with van der Waals surface area (Å²) in [6.45, 7) is 4.85. The summed E-state index contributed by atoms with van der Waals surface area (Å²) in [4.78, 5) is 12.5. The van der Waals surface area contributed by atoms with Crippen molar-refractivity contribution in [2.75, 3.05) is 13.1 Å². The molecule has 4 heteroatoms. The molecule has 0 aliphatic heterocycles. The highest BCUT2D eigenvalue weighted by Crippen LogP contribution is 2.11. The molecular formula is C13H18FNO2. The molecule has 0 unspecified atom stereocenters. The molecule has 0 spiro atoms. The molecule has 0 amide bonds. The van der Waals surface area contributed by atoms with E-state index >= 15 is 0 Å². The van der Waals surface area contributed by atoms with Crippen molar-refractivity contribution in [1.29, 1.82) is 0 Å². The molecule has 0 atom stereocenters. The molecule has 0 radical (unpaired) electrons. The van der Waals surface area contributed by atoms with Gasteiger partial charge in [-0.05, 0) is 37.1 Å². The second kappa shape index (κ2) is 6.35. The van der Waals surface area contributed by atoms with Crippen LogP contribution in [0.3, 0.4) is 0 Å².